The van der Waals surface area contributed by atoms with Crippen molar-refractivity contribution in [2.24, 2.45) is 0 Å². The van der Waals surface area contributed by atoms with Crippen molar-refractivity contribution < 1.29 is 9.47 Å². The molecule has 1 rings (SSSR count). The Morgan fingerprint density at radius 2 is 1.83 bits per heavy atom. The van der Waals surface area contributed by atoms with Crippen molar-refractivity contribution in [3.05, 3.63) is 12.1 Å². The van der Waals surface area contributed by atoms with Crippen molar-refractivity contribution in [3.8, 4) is 11.5 Å². The fraction of sp³-hybridized carbons (Fsp3) is 0.538. The zero-order valence-corrected chi connectivity index (χ0v) is 12.5. The van der Waals surface area contributed by atoms with E-state index in [9.17, 15) is 0 Å². The fourth-order valence-corrected chi connectivity index (χ4v) is 2.49. The maximum Gasteiger partial charge on any atom is 0.162 e. The highest BCUT2D eigenvalue weighted by Gasteiger charge is 2.16. The molecule has 0 radical (unpaired) electrons. The summed E-state index contributed by atoms with van der Waals surface area (Å²) in [5.74, 6) is 2.40. The van der Waals surface area contributed by atoms with Crippen molar-refractivity contribution in [2.45, 2.75) is 13.0 Å². The lowest BCUT2D eigenvalue weighted by Gasteiger charge is -2.28. The van der Waals surface area contributed by atoms with E-state index >= 15 is 0 Å². The van der Waals surface area contributed by atoms with Crippen molar-refractivity contribution in [1.29, 1.82) is 0 Å². The molecular weight excluding hydrogens is 248 g/mol. The third-order valence-corrected chi connectivity index (χ3v) is 3.80. The first-order valence-electron chi connectivity index (χ1n) is 5.78. The summed E-state index contributed by atoms with van der Waals surface area (Å²) in [6.45, 7) is 2.17. The summed E-state index contributed by atoms with van der Waals surface area (Å²) in [5.41, 5.74) is 7.74. The van der Waals surface area contributed by atoms with E-state index < -0.39 is 0 Å². The van der Waals surface area contributed by atoms with Crippen LogP contribution in [-0.4, -0.2) is 39.3 Å². The van der Waals surface area contributed by atoms with Gasteiger partial charge in [-0.25, -0.2) is 0 Å². The number of benzene rings is 1. The Kier molecular flexibility index (Phi) is 5.47. The van der Waals surface area contributed by atoms with Crippen molar-refractivity contribution in [1.82, 2.24) is 0 Å². The van der Waals surface area contributed by atoms with Gasteiger partial charge < -0.3 is 20.1 Å². The first-order chi connectivity index (χ1) is 8.54. The summed E-state index contributed by atoms with van der Waals surface area (Å²) < 4.78 is 10.5. The predicted octanol–water partition coefficient (Wildman–Crippen LogP) is 2.47. The molecule has 0 aromatic heterocycles. The number of nitrogen functional groups attached to an aromatic ring is 1. The number of rotatable bonds is 6. The van der Waals surface area contributed by atoms with Gasteiger partial charge in [0.1, 0.15) is 0 Å². The van der Waals surface area contributed by atoms with E-state index in [2.05, 4.69) is 18.1 Å². The van der Waals surface area contributed by atoms with Gasteiger partial charge in [0.05, 0.1) is 25.6 Å². The number of nitrogens with two attached hydrogens (primary N) is 1. The molecule has 102 valence electrons. The van der Waals surface area contributed by atoms with Gasteiger partial charge in [-0.1, -0.05) is 0 Å². The van der Waals surface area contributed by atoms with Crippen LogP contribution in [0.2, 0.25) is 0 Å². The second-order valence-corrected chi connectivity index (χ2v) is 5.09. The monoisotopic (exact) mass is 270 g/mol. The van der Waals surface area contributed by atoms with Crippen LogP contribution in [0.1, 0.15) is 6.92 Å². The number of methoxy groups -OCH3 is 2. The van der Waals surface area contributed by atoms with Gasteiger partial charge >= 0.3 is 0 Å². The average Bonchev–Trinajstić information content (AvgIpc) is 2.37. The van der Waals surface area contributed by atoms with Crippen LogP contribution < -0.4 is 20.1 Å². The minimum atomic E-state index is 0.403. The molecule has 1 atom stereocenters. The first kappa shape index (κ1) is 14.8. The van der Waals surface area contributed by atoms with Gasteiger partial charge in [-0.2, -0.15) is 11.8 Å². The van der Waals surface area contributed by atoms with Crippen molar-refractivity contribution in [3.63, 3.8) is 0 Å². The van der Waals surface area contributed by atoms with Gasteiger partial charge in [-0.15, -0.1) is 0 Å². The molecule has 4 nitrogen and oxygen atoms in total. The molecule has 1 aromatic rings. The average molecular weight is 270 g/mol. The van der Waals surface area contributed by atoms with Crippen LogP contribution in [0.3, 0.4) is 0 Å². The Balaban J connectivity index is 3.08. The van der Waals surface area contributed by atoms with Crippen molar-refractivity contribution >= 4 is 23.1 Å². The van der Waals surface area contributed by atoms with Gasteiger partial charge in [0.25, 0.3) is 0 Å². The molecule has 0 bridgehead atoms. The lowest BCUT2D eigenvalue weighted by molar-refractivity contribution is 0.355. The van der Waals surface area contributed by atoms with Crippen molar-refractivity contribution in [2.75, 3.05) is 43.9 Å². The minimum Gasteiger partial charge on any atom is -0.493 e. The number of hydrogen-bond donors (Lipinski definition) is 1. The number of ether oxygens (including phenoxy) is 2. The van der Waals surface area contributed by atoms with Crippen LogP contribution in [0.4, 0.5) is 11.4 Å². The highest BCUT2D eigenvalue weighted by molar-refractivity contribution is 7.98. The molecule has 2 N–H and O–H groups in total. The van der Waals surface area contributed by atoms with Crippen LogP contribution in [0.5, 0.6) is 11.5 Å². The van der Waals surface area contributed by atoms with E-state index in [-0.39, 0.29) is 0 Å². The standard InChI is InChI=1S/C13H22N2O2S/c1-9(8-18-5)15(2)11-7-13(17-4)12(16-3)6-10(11)14/h6-7,9H,8,14H2,1-5H3. The summed E-state index contributed by atoms with van der Waals surface area (Å²) in [4.78, 5) is 2.16. The molecule has 0 amide bonds. The summed E-state index contributed by atoms with van der Waals surface area (Å²) in [6.07, 6.45) is 2.10. The maximum absolute atomic E-state index is 6.07. The van der Waals surface area contributed by atoms with Crippen LogP contribution in [-0.2, 0) is 0 Å². The minimum absolute atomic E-state index is 0.403. The Morgan fingerprint density at radius 3 is 2.33 bits per heavy atom. The summed E-state index contributed by atoms with van der Waals surface area (Å²) in [7, 11) is 5.28. The highest BCUT2D eigenvalue weighted by atomic mass is 32.2. The largest absolute Gasteiger partial charge is 0.493 e. The Bertz CT molecular complexity index is 399. The third kappa shape index (κ3) is 3.16. The van der Waals surface area contributed by atoms with Gasteiger partial charge in [0, 0.05) is 31.0 Å². The molecule has 0 heterocycles. The SMILES string of the molecule is COc1cc(N)c(N(C)C(C)CSC)cc1OC. The van der Waals surface area contributed by atoms with E-state index in [1.807, 2.05) is 24.9 Å². The fourth-order valence-electron chi connectivity index (χ4n) is 1.78. The molecule has 0 aliphatic carbocycles. The molecular formula is C13H22N2O2S. The number of anilines is 2. The molecule has 1 unspecified atom stereocenters. The maximum atomic E-state index is 6.07. The quantitative estimate of drug-likeness (QED) is 0.805. The first-order valence-corrected chi connectivity index (χ1v) is 7.17. The molecule has 1 aromatic carbocycles. The van der Waals surface area contributed by atoms with Crippen LogP contribution in [0.25, 0.3) is 0 Å². The lowest BCUT2D eigenvalue weighted by Crippen LogP contribution is -2.31. The van der Waals surface area contributed by atoms with E-state index in [4.69, 9.17) is 15.2 Å². The molecule has 0 fully saturated rings. The molecule has 0 spiro atoms. The lowest BCUT2D eigenvalue weighted by atomic mass is 10.2. The molecule has 5 heteroatoms. The summed E-state index contributed by atoms with van der Waals surface area (Å²) >= 11 is 1.82. The number of hydrogen-bond acceptors (Lipinski definition) is 5. The van der Waals surface area contributed by atoms with Gasteiger partial charge in [-0.05, 0) is 13.2 Å². The summed E-state index contributed by atoms with van der Waals surface area (Å²) in [6, 6.07) is 4.13. The summed E-state index contributed by atoms with van der Waals surface area (Å²) in [5, 5.41) is 0. The topological polar surface area (TPSA) is 47.7 Å². The van der Waals surface area contributed by atoms with Crippen LogP contribution in [0.15, 0.2) is 12.1 Å². The Morgan fingerprint density at radius 1 is 1.28 bits per heavy atom. The molecule has 0 saturated carbocycles. The highest BCUT2D eigenvalue weighted by Crippen LogP contribution is 2.37. The van der Waals surface area contributed by atoms with Gasteiger partial charge in [0.2, 0.25) is 0 Å². The molecule has 0 aliphatic rings. The van der Waals surface area contributed by atoms with Gasteiger partial charge in [0.15, 0.2) is 11.5 Å². The Hall–Kier alpha value is -1.23. The molecule has 0 aliphatic heterocycles. The number of nitrogens with zero attached hydrogens (tertiary/aromatic N) is 1. The second-order valence-electron chi connectivity index (χ2n) is 4.18. The molecule has 18 heavy (non-hydrogen) atoms. The van der Waals surface area contributed by atoms with E-state index in [0.29, 0.717) is 23.2 Å². The smallest absolute Gasteiger partial charge is 0.162 e. The van der Waals surface area contributed by atoms with E-state index in [1.165, 1.54) is 0 Å². The van der Waals surface area contributed by atoms with E-state index in [1.54, 1.807) is 20.3 Å². The van der Waals surface area contributed by atoms with Crippen LogP contribution >= 0.6 is 11.8 Å². The second kappa shape index (κ2) is 6.64. The molecule has 0 saturated heterocycles. The Labute approximate surface area is 113 Å². The predicted molar refractivity (Wildman–Crippen MR) is 80.2 cm³/mol. The number of thioether (sulfide) groups is 1. The normalized spacial score (nSPS) is 12.1. The van der Waals surface area contributed by atoms with E-state index in [0.717, 1.165) is 11.4 Å². The van der Waals surface area contributed by atoms with Gasteiger partial charge in [-0.3, -0.25) is 0 Å². The third-order valence-electron chi connectivity index (χ3n) is 2.98. The zero-order valence-electron chi connectivity index (χ0n) is 11.7. The zero-order chi connectivity index (χ0) is 13.7. The van der Waals surface area contributed by atoms with Crippen LogP contribution in [0, 0.1) is 0 Å².